The molecule has 0 bridgehead atoms. The van der Waals surface area contributed by atoms with Crippen molar-refractivity contribution in [3.63, 3.8) is 0 Å². The van der Waals surface area contributed by atoms with Gasteiger partial charge in [0.1, 0.15) is 0 Å². The third kappa shape index (κ3) is 3.95. The minimum atomic E-state index is -3.32. The zero-order chi connectivity index (χ0) is 14.8. The number of nitrogens with zero attached hydrogens (tertiary/aromatic N) is 1. The summed E-state index contributed by atoms with van der Waals surface area (Å²) < 4.78 is 32.1. The number of morpholine rings is 1. The van der Waals surface area contributed by atoms with Gasteiger partial charge in [-0.05, 0) is 25.0 Å². The van der Waals surface area contributed by atoms with Gasteiger partial charge in [-0.3, -0.25) is 0 Å². The number of hydrogen-bond donors (Lipinski definition) is 0. The number of halogens is 1. The van der Waals surface area contributed by atoms with E-state index in [1.54, 1.807) is 0 Å². The summed E-state index contributed by atoms with van der Waals surface area (Å²) in [5.41, 5.74) is 1.71. The Morgan fingerprint density at radius 2 is 1.85 bits per heavy atom. The molecule has 1 saturated heterocycles. The van der Waals surface area contributed by atoms with Gasteiger partial charge in [0.25, 0.3) is 0 Å². The predicted octanol–water partition coefficient (Wildman–Crippen LogP) is 2.36. The Morgan fingerprint density at radius 1 is 1.25 bits per heavy atom. The lowest BCUT2D eigenvalue weighted by molar-refractivity contribution is -0.0441. The highest BCUT2D eigenvalue weighted by molar-refractivity contribution is 7.88. The number of hydrogen-bond acceptors (Lipinski definition) is 3. The molecule has 4 nitrogen and oxygen atoms in total. The second-order valence-corrected chi connectivity index (χ2v) is 7.52. The zero-order valence-electron chi connectivity index (χ0n) is 11.8. The van der Waals surface area contributed by atoms with Crippen molar-refractivity contribution in [3.05, 3.63) is 35.4 Å². The zero-order valence-corrected chi connectivity index (χ0v) is 13.3. The molecule has 0 aromatic heterocycles. The van der Waals surface area contributed by atoms with Crippen LogP contribution in [0.1, 0.15) is 25.0 Å². The first-order valence-electron chi connectivity index (χ1n) is 6.68. The van der Waals surface area contributed by atoms with Gasteiger partial charge in [0.15, 0.2) is 0 Å². The van der Waals surface area contributed by atoms with Crippen LogP contribution in [-0.4, -0.2) is 38.0 Å². The van der Waals surface area contributed by atoms with Gasteiger partial charge in [-0.25, -0.2) is 8.42 Å². The van der Waals surface area contributed by atoms with E-state index in [-0.39, 0.29) is 18.0 Å². The van der Waals surface area contributed by atoms with Crippen LogP contribution in [0.2, 0.25) is 0 Å². The van der Waals surface area contributed by atoms with E-state index in [0.29, 0.717) is 19.0 Å². The summed E-state index contributed by atoms with van der Waals surface area (Å²) in [5, 5.41) is 0. The van der Waals surface area contributed by atoms with Crippen LogP contribution in [0.5, 0.6) is 0 Å². The lowest BCUT2D eigenvalue weighted by atomic mass is 10.2. The molecule has 112 valence electrons. The van der Waals surface area contributed by atoms with Crippen LogP contribution >= 0.6 is 11.6 Å². The van der Waals surface area contributed by atoms with Crippen molar-refractivity contribution in [1.29, 1.82) is 0 Å². The Kier molecular flexibility index (Phi) is 5.07. The fourth-order valence-electron chi connectivity index (χ4n) is 2.46. The summed E-state index contributed by atoms with van der Waals surface area (Å²) in [4.78, 5) is 0. The molecule has 0 amide bonds. The molecule has 0 aliphatic carbocycles. The van der Waals surface area contributed by atoms with Crippen LogP contribution < -0.4 is 0 Å². The minimum absolute atomic E-state index is 0.0111. The molecule has 1 fully saturated rings. The van der Waals surface area contributed by atoms with Crippen LogP contribution in [0, 0.1) is 0 Å². The summed E-state index contributed by atoms with van der Waals surface area (Å²) in [5.74, 6) is 0.399. The van der Waals surface area contributed by atoms with E-state index in [9.17, 15) is 8.42 Å². The highest BCUT2D eigenvalue weighted by Crippen LogP contribution is 2.19. The molecule has 0 spiro atoms. The standard InChI is InChI=1S/C14H20ClNO3S/c1-11-8-16(9-12(2)19-11)20(17,18)10-14-5-3-4-13(6-14)7-15/h3-6,11-12H,7-10H2,1-2H3. The Morgan fingerprint density at radius 3 is 2.45 bits per heavy atom. The summed E-state index contributed by atoms with van der Waals surface area (Å²) >= 11 is 5.78. The lowest BCUT2D eigenvalue weighted by Crippen LogP contribution is -2.48. The SMILES string of the molecule is CC1CN(S(=O)(=O)Cc2cccc(CCl)c2)CC(C)O1. The Labute approximate surface area is 125 Å². The van der Waals surface area contributed by atoms with Crippen LogP contribution in [0.15, 0.2) is 24.3 Å². The highest BCUT2D eigenvalue weighted by Gasteiger charge is 2.30. The first-order valence-corrected chi connectivity index (χ1v) is 8.82. The first kappa shape index (κ1) is 15.8. The molecule has 2 atom stereocenters. The number of sulfonamides is 1. The van der Waals surface area contributed by atoms with Crippen molar-refractivity contribution in [1.82, 2.24) is 4.31 Å². The molecule has 0 N–H and O–H groups in total. The first-order chi connectivity index (χ1) is 9.40. The molecule has 6 heteroatoms. The van der Waals surface area contributed by atoms with E-state index in [0.717, 1.165) is 11.1 Å². The van der Waals surface area contributed by atoms with E-state index >= 15 is 0 Å². The van der Waals surface area contributed by atoms with E-state index in [4.69, 9.17) is 16.3 Å². The van der Waals surface area contributed by atoms with Crippen molar-refractivity contribution < 1.29 is 13.2 Å². The largest absolute Gasteiger partial charge is 0.373 e. The molecule has 1 aliphatic rings. The molecule has 1 aromatic carbocycles. The Bertz CT molecular complexity index is 551. The van der Waals surface area contributed by atoms with Crippen LogP contribution in [0.3, 0.4) is 0 Å². The van der Waals surface area contributed by atoms with E-state index < -0.39 is 10.0 Å². The molecule has 1 heterocycles. The van der Waals surface area contributed by atoms with Gasteiger partial charge < -0.3 is 4.74 Å². The molecule has 2 rings (SSSR count). The molecule has 0 radical (unpaired) electrons. The van der Waals surface area contributed by atoms with Crippen LogP contribution in [0.25, 0.3) is 0 Å². The van der Waals surface area contributed by atoms with E-state index in [1.807, 2.05) is 38.1 Å². The van der Waals surface area contributed by atoms with Crippen molar-refractivity contribution in [2.45, 2.75) is 37.7 Å². The molecule has 1 aliphatic heterocycles. The minimum Gasteiger partial charge on any atom is -0.373 e. The average Bonchev–Trinajstić information content (AvgIpc) is 2.37. The van der Waals surface area contributed by atoms with Crippen molar-refractivity contribution in [2.75, 3.05) is 13.1 Å². The number of benzene rings is 1. The smallest absolute Gasteiger partial charge is 0.218 e. The van der Waals surface area contributed by atoms with Gasteiger partial charge in [-0.15, -0.1) is 11.6 Å². The van der Waals surface area contributed by atoms with Gasteiger partial charge in [-0.1, -0.05) is 24.3 Å². The second-order valence-electron chi connectivity index (χ2n) is 5.28. The number of alkyl halides is 1. The average molecular weight is 318 g/mol. The molecule has 20 heavy (non-hydrogen) atoms. The number of rotatable bonds is 4. The summed E-state index contributed by atoms with van der Waals surface area (Å²) in [6.07, 6.45) is -0.134. The highest BCUT2D eigenvalue weighted by atomic mass is 35.5. The van der Waals surface area contributed by atoms with Gasteiger partial charge in [0, 0.05) is 19.0 Å². The fraction of sp³-hybridized carbons (Fsp3) is 0.571. The normalized spacial score (nSPS) is 24.8. The van der Waals surface area contributed by atoms with E-state index in [1.165, 1.54) is 4.31 Å². The van der Waals surface area contributed by atoms with E-state index in [2.05, 4.69) is 0 Å². The van der Waals surface area contributed by atoms with Gasteiger partial charge >= 0.3 is 0 Å². The maximum atomic E-state index is 12.5. The van der Waals surface area contributed by atoms with Crippen LogP contribution in [-0.2, 0) is 26.4 Å². The summed E-state index contributed by atoms with van der Waals surface area (Å²) in [6, 6.07) is 7.40. The maximum absolute atomic E-state index is 12.5. The molecule has 2 unspecified atom stereocenters. The lowest BCUT2D eigenvalue weighted by Gasteiger charge is -2.34. The van der Waals surface area contributed by atoms with Crippen LogP contribution in [0.4, 0.5) is 0 Å². The number of ether oxygens (including phenoxy) is 1. The second kappa shape index (κ2) is 6.43. The van der Waals surface area contributed by atoms with Gasteiger partial charge in [0.05, 0.1) is 18.0 Å². The van der Waals surface area contributed by atoms with Crippen molar-refractivity contribution in [2.24, 2.45) is 0 Å². The molecule has 0 saturated carbocycles. The topological polar surface area (TPSA) is 46.6 Å². The van der Waals surface area contributed by atoms with Crippen molar-refractivity contribution >= 4 is 21.6 Å². The third-order valence-corrected chi connectivity index (χ3v) is 5.37. The summed E-state index contributed by atoms with van der Waals surface area (Å²) in [7, 11) is -3.32. The predicted molar refractivity (Wildman–Crippen MR) is 80.2 cm³/mol. The Hall–Kier alpha value is -0.620. The maximum Gasteiger partial charge on any atom is 0.218 e. The molecular weight excluding hydrogens is 298 g/mol. The monoisotopic (exact) mass is 317 g/mol. The quantitative estimate of drug-likeness (QED) is 0.801. The Balaban J connectivity index is 2.14. The van der Waals surface area contributed by atoms with Crippen molar-refractivity contribution in [3.8, 4) is 0 Å². The van der Waals surface area contributed by atoms with Gasteiger partial charge in [-0.2, -0.15) is 4.31 Å². The van der Waals surface area contributed by atoms with Gasteiger partial charge in [0.2, 0.25) is 10.0 Å². The fourth-order valence-corrected chi connectivity index (χ4v) is 4.29. The molecule has 1 aromatic rings. The molecular formula is C14H20ClNO3S. The summed E-state index contributed by atoms with van der Waals surface area (Å²) in [6.45, 7) is 4.63. The third-order valence-electron chi connectivity index (χ3n) is 3.27.